The van der Waals surface area contributed by atoms with Gasteiger partial charge >= 0.3 is 0 Å². The number of benzene rings is 1. The molecule has 0 aromatic heterocycles. The highest BCUT2D eigenvalue weighted by Crippen LogP contribution is 2.16. The molecule has 2 N–H and O–H groups in total. The Labute approximate surface area is 97.9 Å². The normalized spacial score (nSPS) is 19.6. The monoisotopic (exact) mass is 220 g/mol. The third kappa shape index (κ3) is 2.99. The minimum absolute atomic E-state index is 0.383. The van der Waals surface area contributed by atoms with Crippen molar-refractivity contribution in [2.24, 2.45) is 0 Å². The Morgan fingerprint density at radius 2 is 2.00 bits per heavy atom. The van der Waals surface area contributed by atoms with E-state index in [-0.39, 0.29) is 0 Å². The van der Waals surface area contributed by atoms with Crippen molar-refractivity contribution in [3.63, 3.8) is 0 Å². The van der Waals surface area contributed by atoms with Gasteiger partial charge in [0.05, 0.1) is 13.1 Å². The van der Waals surface area contributed by atoms with Crippen molar-refractivity contribution in [2.75, 3.05) is 7.05 Å². The van der Waals surface area contributed by atoms with Gasteiger partial charge in [-0.3, -0.25) is 0 Å². The quantitative estimate of drug-likeness (QED) is 0.797. The van der Waals surface area contributed by atoms with Crippen LogP contribution in [0.3, 0.4) is 0 Å². The molecule has 1 aromatic rings. The van der Waals surface area contributed by atoms with Crippen LogP contribution in [-0.4, -0.2) is 18.2 Å². The molecule has 0 amide bonds. The van der Waals surface area contributed by atoms with Gasteiger partial charge in [0.2, 0.25) is 0 Å². The number of phenols is 1. The lowest BCUT2D eigenvalue weighted by atomic mass is 9.94. The minimum atomic E-state index is 0.383. The van der Waals surface area contributed by atoms with Crippen LogP contribution in [0.4, 0.5) is 0 Å². The number of aromatic hydroxyl groups is 1. The van der Waals surface area contributed by atoms with E-state index >= 15 is 0 Å². The Hall–Kier alpha value is -1.02. The number of phenolic OH excluding ortho intramolecular Hbond substituents is 1. The van der Waals surface area contributed by atoms with Gasteiger partial charge < -0.3 is 10.0 Å². The fourth-order valence-corrected chi connectivity index (χ4v) is 2.73. The summed E-state index contributed by atoms with van der Waals surface area (Å²) < 4.78 is 0. The summed E-state index contributed by atoms with van der Waals surface area (Å²) in [6, 6.07) is 8.47. The first kappa shape index (κ1) is 11.5. The van der Waals surface area contributed by atoms with E-state index < -0.39 is 0 Å². The van der Waals surface area contributed by atoms with Crippen LogP contribution in [0.1, 0.15) is 37.7 Å². The number of quaternary nitrogens is 1. The Morgan fingerprint density at radius 1 is 1.25 bits per heavy atom. The molecule has 2 nitrogen and oxygen atoms in total. The predicted molar refractivity (Wildman–Crippen MR) is 65.6 cm³/mol. The van der Waals surface area contributed by atoms with Gasteiger partial charge in [0, 0.05) is 5.56 Å². The lowest BCUT2D eigenvalue weighted by Crippen LogP contribution is -3.11. The van der Waals surface area contributed by atoms with E-state index in [0.717, 1.165) is 12.6 Å². The molecule has 0 bridgehead atoms. The first-order valence-electron chi connectivity index (χ1n) is 6.36. The summed E-state index contributed by atoms with van der Waals surface area (Å²) >= 11 is 0. The number of hydrogen-bond donors (Lipinski definition) is 2. The number of rotatable bonds is 3. The van der Waals surface area contributed by atoms with Gasteiger partial charge in [-0.15, -0.1) is 0 Å². The van der Waals surface area contributed by atoms with Crippen molar-refractivity contribution in [1.82, 2.24) is 0 Å². The van der Waals surface area contributed by atoms with Crippen LogP contribution in [-0.2, 0) is 6.54 Å². The molecule has 1 aromatic carbocycles. The van der Waals surface area contributed by atoms with Gasteiger partial charge in [-0.1, -0.05) is 18.6 Å². The van der Waals surface area contributed by atoms with Crippen molar-refractivity contribution in [1.29, 1.82) is 0 Å². The van der Waals surface area contributed by atoms with Crippen molar-refractivity contribution < 1.29 is 10.0 Å². The third-order valence-electron chi connectivity index (χ3n) is 3.70. The molecular formula is C14H22NO+. The van der Waals surface area contributed by atoms with Crippen LogP contribution in [0.5, 0.6) is 5.75 Å². The van der Waals surface area contributed by atoms with Crippen molar-refractivity contribution in [3.8, 4) is 5.75 Å². The van der Waals surface area contributed by atoms with Crippen LogP contribution in [0.2, 0.25) is 0 Å². The Bertz CT molecular complexity index is 331. The molecule has 1 atom stereocenters. The lowest BCUT2D eigenvalue weighted by Gasteiger charge is -2.28. The molecule has 1 aliphatic rings. The second-order valence-electron chi connectivity index (χ2n) is 5.03. The molecule has 1 aliphatic carbocycles. The first-order chi connectivity index (χ1) is 7.75. The summed E-state index contributed by atoms with van der Waals surface area (Å²) in [6.07, 6.45) is 6.93. The summed E-state index contributed by atoms with van der Waals surface area (Å²) in [5, 5.41) is 9.43. The molecule has 0 aliphatic heterocycles. The molecule has 1 unspecified atom stereocenters. The van der Waals surface area contributed by atoms with Crippen LogP contribution >= 0.6 is 0 Å². The second-order valence-corrected chi connectivity index (χ2v) is 5.03. The summed E-state index contributed by atoms with van der Waals surface area (Å²) in [7, 11) is 2.28. The highest BCUT2D eigenvalue weighted by molar-refractivity contribution is 5.26. The summed E-state index contributed by atoms with van der Waals surface area (Å²) in [4.78, 5) is 1.59. The Kier molecular flexibility index (Phi) is 3.83. The van der Waals surface area contributed by atoms with E-state index in [9.17, 15) is 5.11 Å². The van der Waals surface area contributed by atoms with E-state index in [1.54, 1.807) is 11.0 Å². The molecule has 2 heteroatoms. The summed E-state index contributed by atoms with van der Waals surface area (Å²) in [6.45, 7) is 1.03. The van der Waals surface area contributed by atoms with Gasteiger partial charge in [-0.05, 0) is 37.8 Å². The van der Waals surface area contributed by atoms with E-state index in [1.165, 1.54) is 37.7 Å². The maximum absolute atomic E-state index is 9.43. The molecule has 88 valence electrons. The summed E-state index contributed by atoms with van der Waals surface area (Å²) in [5.74, 6) is 0.383. The molecule has 1 fully saturated rings. The molecule has 2 rings (SSSR count). The van der Waals surface area contributed by atoms with Gasteiger partial charge in [-0.2, -0.15) is 0 Å². The zero-order valence-corrected chi connectivity index (χ0v) is 10.1. The highest BCUT2D eigenvalue weighted by Gasteiger charge is 2.21. The average Bonchev–Trinajstić information content (AvgIpc) is 2.30. The molecule has 1 saturated carbocycles. The SMILES string of the molecule is C[NH+](Cc1cccc(O)c1)C1CCCCC1. The Balaban J connectivity index is 1.93. The predicted octanol–water partition coefficient (Wildman–Crippen LogP) is 1.74. The van der Waals surface area contributed by atoms with Crippen molar-refractivity contribution >= 4 is 0 Å². The molecule has 16 heavy (non-hydrogen) atoms. The minimum Gasteiger partial charge on any atom is -0.508 e. The van der Waals surface area contributed by atoms with Crippen molar-refractivity contribution in [3.05, 3.63) is 29.8 Å². The average molecular weight is 220 g/mol. The van der Waals surface area contributed by atoms with Gasteiger partial charge in [0.25, 0.3) is 0 Å². The smallest absolute Gasteiger partial charge is 0.116 e. The first-order valence-corrected chi connectivity index (χ1v) is 6.36. The van der Waals surface area contributed by atoms with E-state index in [2.05, 4.69) is 13.1 Å². The topological polar surface area (TPSA) is 24.7 Å². The van der Waals surface area contributed by atoms with Gasteiger partial charge in [0.15, 0.2) is 0 Å². The van der Waals surface area contributed by atoms with Gasteiger partial charge in [-0.25, -0.2) is 0 Å². The number of hydrogen-bond acceptors (Lipinski definition) is 1. The largest absolute Gasteiger partial charge is 0.508 e. The van der Waals surface area contributed by atoms with E-state index in [0.29, 0.717) is 5.75 Å². The van der Waals surface area contributed by atoms with Crippen molar-refractivity contribution in [2.45, 2.75) is 44.7 Å². The van der Waals surface area contributed by atoms with Crippen LogP contribution in [0.25, 0.3) is 0 Å². The fourth-order valence-electron chi connectivity index (χ4n) is 2.73. The van der Waals surface area contributed by atoms with E-state index in [4.69, 9.17) is 0 Å². The number of nitrogens with one attached hydrogen (secondary N) is 1. The maximum Gasteiger partial charge on any atom is 0.116 e. The zero-order valence-electron chi connectivity index (χ0n) is 10.1. The zero-order chi connectivity index (χ0) is 11.4. The lowest BCUT2D eigenvalue weighted by molar-refractivity contribution is -0.921. The standard InChI is InChI=1S/C14H21NO/c1-15(13-7-3-2-4-8-13)11-12-6-5-9-14(16)10-12/h5-6,9-10,13,16H,2-4,7-8,11H2,1H3/p+1. The third-order valence-corrected chi connectivity index (χ3v) is 3.70. The van der Waals surface area contributed by atoms with E-state index in [1.807, 2.05) is 12.1 Å². The molecule has 0 saturated heterocycles. The highest BCUT2D eigenvalue weighted by atomic mass is 16.3. The van der Waals surface area contributed by atoms with Gasteiger partial charge in [0.1, 0.15) is 12.3 Å². The Morgan fingerprint density at radius 3 is 2.69 bits per heavy atom. The summed E-state index contributed by atoms with van der Waals surface area (Å²) in [5.41, 5.74) is 1.24. The second kappa shape index (κ2) is 5.35. The maximum atomic E-state index is 9.43. The molecule has 0 radical (unpaired) electrons. The van der Waals surface area contributed by atoms with Crippen LogP contribution in [0.15, 0.2) is 24.3 Å². The molecule has 0 heterocycles. The molecule has 0 spiro atoms. The van der Waals surface area contributed by atoms with Crippen LogP contribution < -0.4 is 4.90 Å². The molecular weight excluding hydrogens is 198 g/mol. The van der Waals surface area contributed by atoms with Crippen LogP contribution in [0, 0.1) is 0 Å². The fraction of sp³-hybridized carbons (Fsp3) is 0.571.